The highest BCUT2D eigenvalue weighted by Gasteiger charge is 2.64. The van der Waals surface area contributed by atoms with Crippen molar-refractivity contribution in [2.24, 2.45) is 17.6 Å². The summed E-state index contributed by atoms with van der Waals surface area (Å²) in [7, 11) is 3.14. The summed E-state index contributed by atoms with van der Waals surface area (Å²) >= 11 is 1.94. The van der Waals surface area contributed by atoms with E-state index in [1.165, 1.54) is 4.90 Å². The minimum Gasteiger partial charge on any atom is -0.508 e. The van der Waals surface area contributed by atoms with Gasteiger partial charge in [0.25, 0.3) is 5.91 Å². The topological polar surface area (TPSA) is 161 Å². The van der Waals surface area contributed by atoms with Crippen molar-refractivity contribution in [3.63, 3.8) is 0 Å². The molecule has 3 aliphatic rings. The molecule has 0 aliphatic heterocycles. The van der Waals surface area contributed by atoms with Gasteiger partial charge in [0.2, 0.25) is 5.78 Å². The molecule has 0 heterocycles. The Kier molecular flexibility index (Phi) is 5.61. The van der Waals surface area contributed by atoms with Crippen molar-refractivity contribution in [1.82, 2.24) is 4.90 Å². The van der Waals surface area contributed by atoms with Gasteiger partial charge in [0.1, 0.15) is 22.8 Å². The van der Waals surface area contributed by atoms with Crippen LogP contribution in [0.5, 0.6) is 5.75 Å². The van der Waals surface area contributed by atoms with Crippen molar-refractivity contribution < 1.29 is 34.8 Å². The van der Waals surface area contributed by atoms with Crippen molar-refractivity contribution in [2.75, 3.05) is 14.1 Å². The van der Waals surface area contributed by atoms with Crippen LogP contribution in [0, 0.1) is 15.4 Å². The van der Waals surface area contributed by atoms with Crippen LogP contribution in [-0.2, 0) is 27.2 Å². The highest BCUT2D eigenvalue weighted by Crippen LogP contribution is 2.53. The molecular weight excluding hydrogens is 543 g/mol. The lowest BCUT2D eigenvalue weighted by Crippen LogP contribution is -2.65. The van der Waals surface area contributed by atoms with E-state index >= 15 is 0 Å². The van der Waals surface area contributed by atoms with Crippen LogP contribution in [0.15, 0.2) is 23.0 Å². The van der Waals surface area contributed by atoms with E-state index in [4.69, 9.17) is 5.73 Å². The zero-order valence-corrected chi connectivity index (χ0v) is 20.5. The average Bonchev–Trinajstić information content (AvgIpc) is 2.72. The lowest BCUT2D eigenvalue weighted by Gasteiger charge is -2.50. The highest BCUT2D eigenvalue weighted by molar-refractivity contribution is 14.1. The predicted molar refractivity (Wildman–Crippen MR) is 126 cm³/mol. The third kappa shape index (κ3) is 3.07. The fourth-order valence-electron chi connectivity index (χ4n) is 5.67. The Hall–Kier alpha value is -2.44. The number of aryl methyl sites for hydroxylation is 1. The number of aliphatic hydroxyl groups is 3. The maximum atomic E-state index is 13.7. The molecular formula is C23H25IN2O7. The van der Waals surface area contributed by atoms with E-state index in [1.807, 2.05) is 35.6 Å². The first-order valence-electron chi connectivity index (χ1n) is 10.6. The third-order valence-corrected chi connectivity index (χ3v) is 7.97. The Bertz CT molecular complexity index is 1190. The number of phenols is 1. The monoisotopic (exact) mass is 568 g/mol. The normalized spacial score (nSPS) is 29.2. The second kappa shape index (κ2) is 7.81. The predicted octanol–water partition coefficient (Wildman–Crippen LogP) is 1.13. The van der Waals surface area contributed by atoms with Gasteiger partial charge in [-0.1, -0.05) is 6.92 Å². The molecule has 1 aromatic rings. The number of halogens is 1. The van der Waals surface area contributed by atoms with Crippen LogP contribution >= 0.6 is 22.6 Å². The molecule has 0 bridgehead atoms. The Labute approximate surface area is 203 Å². The zero-order chi connectivity index (χ0) is 24.6. The molecule has 0 aromatic heterocycles. The molecule has 3 aliphatic carbocycles. The van der Waals surface area contributed by atoms with Crippen LogP contribution in [0.2, 0.25) is 0 Å². The number of aliphatic hydroxyl groups excluding tert-OH is 2. The van der Waals surface area contributed by atoms with Crippen LogP contribution in [-0.4, -0.2) is 68.5 Å². The second-order valence-corrected chi connectivity index (χ2v) is 10.2. The maximum absolute atomic E-state index is 13.7. The fourth-order valence-corrected chi connectivity index (χ4v) is 6.31. The van der Waals surface area contributed by atoms with Crippen molar-refractivity contribution in [1.29, 1.82) is 0 Å². The number of hydrogen-bond acceptors (Lipinski definition) is 8. The van der Waals surface area contributed by atoms with E-state index in [-0.39, 0.29) is 23.3 Å². The number of ketones is 2. The van der Waals surface area contributed by atoms with Crippen LogP contribution in [0.3, 0.4) is 0 Å². The lowest BCUT2D eigenvalue weighted by atomic mass is 9.57. The van der Waals surface area contributed by atoms with Crippen LogP contribution in [0.4, 0.5) is 0 Å². The number of hydrogen-bond donors (Lipinski definition) is 5. The maximum Gasteiger partial charge on any atom is 0.255 e. The van der Waals surface area contributed by atoms with Crippen molar-refractivity contribution in [3.8, 4) is 5.75 Å². The number of rotatable bonds is 3. The van der Waals surface area contributed by atoms with Crippen LogP contribution in [0.25, 0.3) is 5.76 Å². The number of amides is 1. The highest BCUT2D eigenvalue weighted by atomic mass is 127. The molecule has 33 heavy (non-hydrogen) atoms. The van der Waals surface area contributed by atoms with Crippen molar-refractivity contribution >= 4 is 45.8 Å². The first-order chi connectivity index (χ1) is 15.4. The number of nitrogens with zero attached hydrogens (tertiary/aromatic N) is 1. The summed E-state index contributed by atoms with van der Waals surface area (Å²) in [5, 5.41) is 44.2. The summed E-state index contributed by atoms with van der Waals surface area (Å²) in [5.74, 6) is -6.36. The number of nitrogens with two attached hydrogens (primary N) is 1. The summed E-state index contributed by atoms with van der Waals surface area (Å²) in [5.41, 5.74) is 3.50. The number of aromatic hydroxyl groups is 1. The van der Waals surface area contributed by atoms with Gasteiger partial charge in [0.05, 0.1) is 15.2 Å². The molecule has 1 saturated carbocycles. The largest absolute Gasteiger partial charge is 0.508 e. The Morgan fingerprint density at radius 2 is 1.91 bits per heavy atom. The van der Waals surface area contributed by atoms with E-state index in [0.29, 0.717) is 22.0 Å². The Morgan fingerprint density at radius 3 is 2.45 bits per heavy atom. The molecule has 0 saturated heterocycles. The third-order valence-electron chi connectivity index (χ3n) is 7.15. The molecule has 1 fully saturated rings. The van der Waals surface area contributed by atoms with Gasteiger partial charge in [-0.05, 0) is 79.1 Å². The average molecular weight is 568 g/mol. The number of primary amides is 1. The van der Waals surface area contributed by atoms with Gasteiger partial charge in [-0.25, -0.2) is 0 Å². The molecule has 4 rings (SSSR count). The molecule has 10 heteroatoms. The van der Waals surface area contributed by atoms with E-state index in [0.717, 1.165) is 5.56 Å². The van der Waals surface area contributed by atoms with Crippen LogP contribution < -0.4 is 5.73 Å². The van der Waals surface area contributed by atoms with Crippen molar-refractivity contribution in [2.45, 2.75) is 37.8 Å². The van der Waals surface area contributed by atoms with Gasteiger partial charge in [-0.3, -0.25) is 19.3 Å². The van der Waals surface area contributed by atoms with Crippen LogP contribution in [0.1, 0.15) is 30.0 Å². The molecule has 0 radical (unpaired) electrons. The van der Waals surface area contributed by atoms with Gasteiger partial charge in [-0.15, -0.1) is 0 Å². The zero-order valence-electron chi connectivity index (χ0n) is 18.3. The van der Waals surface area contributed by atoms with E-state index < -0.39 is 58.0 Å². The molecule has 1 aromatic carbocycles. The van der Waals surface area contributed by atoms with Gasteiger partial charge in [0.15, 0.2) is 11.4 Å². The van der Waals surface area contributed by atoms with E-state index in [1.54, 1.807) is 14.1 Å². The van der Waals surface area contributed by atoms with Gasteiger partial charge >= 0.3 is 0 Å². The number of fused-ring (bicyclic) bond motifs is 3. The van der Waals surface area contributed by atoms with E-state index in [9.17, 15) is 34.8 Å². The molecule has 1 amide bonds. The first kappa shape index (κ1) is 23.7. The lowest BCUT2D eigenvalue weighted by molar-refractivity contribution is -0.153. The summed E-state index contributed by atoms with van der Waals surface area (Å²) in [6.07, 6.45) is 1.03. The number of carbonyl (C=O) groups excluding carboxylic acids is 3. The number of phenolic OH excluding ortho intramolecular Hbond substituents is 1. The molecule has 176 valence electrons. The number of benzene rings is 1. The second-order valence-electron chi connectivity index (χ2n) is 9.03. The van der Waals surface area contributed by atoms with Gasteiger partial charge in [0, 0.05) is 11.5 Å². The minimum absolute atomic E-state index is 0.0850. The Balaban J connectivity index is 2.00. The summed E-state index contributed by atoms with van der Waals surface area (Å²) in [4.78, 5) is 40.2. The summed E-state index contributed by atoms with van der Waals surface area (Å²) in [6.45, 7) is 1.94. The minimum atomic E-state index is -2.62. The van der Waals surface area contributed by atoms with Crippen molar-refractivity contribution in [3.05, 3.63) is 43.2 Å². The van der Waals surface area contributed by atoms with Gasteiger partial charge in [-0.2, -0.15) is 0 Å². The summed E-state index contributed by atoms with van der Waals surface area (Å²) in [6, 6.07) is 0.743. The number of carbonyl (C=O) groups is 3. The number of likely N-dealkylation sites (N-methyl/N-ethyl adjacent to an activating group) is 1. The van der Waals surface area contributed by atoms with E-state index in [2.05, 4.69) is 0 Å². The molecule has 0 spiro atoms. The summed E-state index contributed by atoms with van der Waals surface area (Å²) < 4.78 is 0.503. The molecule has 4 atom stereocenters. The molecule has 6 N–H and O–H groups in total. The van der Waals surface area contributed by atoms with Gasteiger partial charge < -0.3 is 26.2 Å². The first-order valence-corrected chi connectivity index (χ1v) is 11.6. The smallest absolute Gasteiger partial charge is 0.255 e. The SMILES string of the molecule is CCc1cc(I)c(O)c2c1C[C@@H]1C[C@@H]3[C@@H](N(C)C)C(=O)C(C(N)=O)=C(O)[C@]3(O)C(=O)C1=C2O. The standard InChI is InChI=1S/C23H25IN2O7/c1-4-8-7-12(24)17(27)14-10(8)5-9-6-11-16(26(2)3)19(29)15(22(25)32)21(31)23(11,33)20(30)13(9)18(14)28/h7,9,11,16,27-28,31,33H,4-6H2,1-3H3,(H2,25,32)/t9-,11-,16-,23-/m1/s1. The fraction of sp³-hybridized carbons (Fsp3) is 0.435. The Morgan fingerprint density at radius 1 is 1.27 bits per heavy atom. The molecule has 9 nitrogen and oxygen atoms in total. The number of Topliss-reactive ketones (excluding diaryl/α,β-unsaturated/α-hetero) is 2. The molecule has 0 unspecified atom stereocenters. The quantitative estimate of drug-likeness (QED) is 0.268.